The number of carbonyl (C=O) groups is 1. The molecule has 0 radical (unpaired) electrons. The standard InChI is InChI=1S/C7H7N5O/c1-12-3-10-5-6(11-4-13)8-2-9-7(5)12/h2-4H,1H3,(H,8,9,11,13). The van der Waals surface area contributed by atoms with Gasteiger partial charge in [-0.05, 0) is 0 Å². The molecule has 0 bridgehead atoms. The van der Waals surface area contributed by atoms with Crippen LogP contribution in [0.3, 0.4) is 0 Å². The summed E-state index contributed by atoms with van der Waals surface area (Å²) in [5.74, 6) is 0.431. The Kier molecular flexibility index (Phi) is 1.66. The average molecular weight is 177 g/mol. The summed E-state index contributed by atoms with van der Waals surface area (Å²) in [5, 5.41) is 2.46. The van der Waals surface area contributed by atoms with E-state index in [4.69, 9.17) is 0 Å². The van der Waals surface area contributed by atoms with Gasteiger partial charge < -0.3 is 9.88 Å². The van der Waals surface area contributed by atoms with E-state index < -0.39 is 0 Å². The fourth-order valence-corrected chi connectivity index (χ4v) is 1.11. The summed E-state index contributed by atoms with van der Waals surface area (Å²) in [5.41, 5.74) is 1.29. The first kappa shape index (κ1) is 7.66. The highest BCUT2D eigenvalue weighted by molar-refractivity contribution is 5.88. The molecular weight excluding hydrogens is 170 g/mol. The molecular formula is C7H7N5O. The number of hydrogen-bond donors (Lipinski definition) is 1. The Balaban J connectivity index is 2.69. The zero-order valence-corrected chi connectivity index (χ0v) is 6.93. The van der Waals surface area contributed by atoms with Crippen LogP contribution in [0.1, 0.15) is 0 Å². The lowest BCUT2D eigenvalue weighted by molar-refractivity contribution is -0.105. The molecule has 0 aliphatic rings. The number of aromatic nitrogens is 4. The molecule has 2 aromatic rings. The van der Waals surface area contributed by atoms with Crippen molar-refractivity contribution in [3.8, 4) is 0 Å². The van der Waals surface area contributed by atoms with Gasteiger partial charge >= 0.3 is 0 Å². The molecule has 6 heteroatoms. The zero-order chi connectivity index (χ0) is 9.26. The third-order valence-corrected chi connectivity index (χ3v) is 1.69. The Hall–Kier alpha value is -1.98. The highest BCUT2D eigenvalue weighted by Crippen LogP contribution is 2.14. The highest BCUT2D eigenvalue weighted by Gasteiger charge is 2.06. The van der Waals surface area contributed by atoms with Crippen LogP contribution in [0.4, 0.5) is 5.82 Å². The van der Waals surface area contributed by atoms with E-state index >= 15 is 0 Å². The summed E-state index contributed by atoms with van der Waals surface area (Å²) in [7, 11) is 1.83. The molecule has 0 unspecified atom stereocenters. The molecule has 0 aliphatic heterocycles. The van der Waals surface area contributed by atoms with Crippen molar-refractivity contribution in [1.82, 2.24) is 19.5 Å². The first-order valence-corrected chi connectivity index (χ1v) is 3.65. The number of aryl methyl sites for hydroxylation is 1. The minimum Gasteiger partial charge on any atom is -0.318 e. The largest absolute Gasteiger partial charge is 0.318 e. The molecule has 0 fully saturated rings. The van der Waals surface area contributed by atoms with Crippen LogP contribution in [0.5, 0.6) is 0 Å². The number of amides is 1. The van der Waals surface area contributed by atoms with E-state index in [1.54, 1.807) is 10.9 Å². The van der Waals surface area contributed by atoms with Crippen molar-refractivity contribution in [3.63, 3.8) is 0 Å². The second kappa shape index (κ2) is 2.81. The Morgan fingerprint density at radius 1 is 1.46 bits per heavy atom. The van der Waals surface area contributed by atoms with Crippen molar-refractivity contribution in [1.29, 1.82) is 0 Å². The van der Waals surface area contributed by atoms with Crippen molar-refractivity contribution in [2.24, 2.45) is 7.05 Å². The average Bonchev–Trinajstić information content (AvgIpc) is 2.50. The van der Waals surface area contributed by atoms with Gasteiger partial charge in [-0.2, -0.15) is 0 Å². The van der Waals surface area contributed by atoms with Crippen LogP contribution in [-0.2, 0) is 11.8 Å². The number of nitrogens with one attached hydrogen (secondary N) is 1. The number of fused-ring (bicyclic) bond motifs is 1. The van der Waals surface area contributed by atoms with Gasteiger partial charge in [0.25, 0.3) is 0 Å². The predicted octanol–water partition coefficient (Wildman–Crippen LogP) is -0.0684. The lowest BCUT2D eigenvalue weighted by atomic mass is 10.5. The van der Waals surface area contributed by atoms with Crippen LogP contribution in [0.25, 0.3) is 11.2 Å². The van der Waals surface area contributed by atoms with Crippen molar-refractivity contribution in [3.05, 3.63) is 12.7 Å². The summed E-state index contributed by atoms with van der Waals surface area (Å²) in [6.45, 7) is 0. The maximum Gasteiger partial charge on any atom is 0.212 e. The van der Waals surface area contributed by atoms with Gasteiger partial charge in [0.2, 0.25) is 6.41 Å². The van der Waals surface area contributed by atoms with Crippen LogP contribution in [0.15, 0.2) is 12.7 Å². The quantitative estimate of drug-likeness (QED) is 0.652. The monoisotopic (exact) mass is 177 g/mol. The molecule has 1 amide bonds. The van der Waals surface area contributed by atoms with E-state index in [1.165, 1.54) is 6.33 Å². The van der Waals surface area contributed by atoms with E-state index in [0.29, 0.717) is 23.4 Å². The maximum atomic E-state index is 10.2. The van der Waals surface area contributed by atoms with Crippen molar-refractivity contribution in [2.45, 2.75) is 0 Å². The van der Waals surface area contributed by atoms with Gasteiger partial charge in [0.15, 0.2) is 17.0 Å². The summed E-state index contributed by atoms with van der Waals surface area (Å²) < 4.78 is 1.76. The van der Waals surface area contributed by atoms with Gasteiger partial charge in [0, 0.05) is 7.05 Å². The molecule has 0 spiro atoms. The van der Waals surface area contributed by atoms with Gasteiger partial charge in [-0.25, -0.2) is 15.0 Å². The molecule has 6 nitrogen and oxygen atoms in total. The van der Waals surface area contributed by atoms with E-state index in [-0.39, 0.29) is 0 Å². The number of hydrogen-bond acceptors (Lipinski definition) is 4. The Morgan fingerprint density at radius 2 is 2.31 bits per heavy atom. The van der Waals surface area contributed by atoms with Crippen LogP contribution in [0.2, 0.25) is 0 Å². The minimum absolute atomic E-state index is 0.431. The molecule has 0 saturated heterocycles. The van der Waals surface area contributed by atoms with Crippen LogP contribution >= 0.6 is 0 Å². The third-order valence-electron chi connectivity index (χ3n) is 1.69. The number of rotatable bonds is 2. The van der Waals surface area contributed by atoms with Crippen molar-refractivity contribution < 1.29 is 4.79 Å². The van der Waals surface area contributed by atoms with Crippen molar-refractivity contribution >= 4 is 23.4 Å². The Labute approximate surface area is 73.6 Å². The van der Waals surface area contributed by atoms with Crippen LogP contribution < -0.4 is 5.32 Å². The molecule has 1 N–H and O–H groups in total. The molecule has 2 rings (SSSR count). The van der Waals surface area contributed by atoms with E-state index in [9.17, 15) is 4.79 Å². The minimum atomic E-state index is 0.431. The number of anilines is 1. The molecule has 0 aromatic carbocycles. The summed E-state index contributed by atoms with van der Waals surface area (Å²) >= 11 is 0. The van der Waals surface area contributed by atoms with Gasteiger partial charge in [0.05, 0.1) is 6.33 Å². The maximum absolute atomic E-state index is 10.2. The lowest BCUT2D eigenvalue weighted by Gasteiger charge is -1.97. The fraction of sp³-hybridized carbons (Fsp3) is 0.143. The molecule has 66 valence electrons. The Bertz CT molecular complexity index is 449. The summed E-state index contributed by atoms with van der Waals surface area (Å²) in [6.07, 6.45) is 3.57. The third kappa shape index (κ3) is 1.12. The first-order chi connectivity index (χ1) is 6.33. The van der Waals surface area contributed by atoms with Gasteiger partial charge in [0.1, 0.15) is 6.33 Å². The molecule has 2 aromatic heterocycles. The SMILES string of the molecule is Cn1cnc2c(NC=O)ncnc21. The zero-order valence-electron chi connectivity index (χ0n) is 6.93. The van der Waals surface area contributed by atoms with Crippen LogP contribution in [0, 0.1) is 0 Å². The molecule has 0 atom stereocenters. The van der Waals surface area contributed by atoms with E-state index in [2.05, 4.69) is 20.3 Å². The second-order valence-corrected chi connectivity index (χ2v) is 2.51. The van der Waals surface area contributed by atoms with Gasteiger partial charge in [-0.3, -0.25) is 4.79 Å². The Morgan fingerprint density at radius 3 is 3.08 bits per heavy atom. The first-order valence-electron chi connectivity index (χ1n) is 3.65. The van der Waals surface area contributed by atoms with Crippen LogP contribution in [-0.4, -0.2) is 25.9 Å². The molecule has 2 heterocycles. The van der Waals surface area contributed by atoms with E-state index in [0.717, 1.165) is 0 Å². The highest BCUT2D eigenvalue weighted by atomic mass is 16.1. The lowest BCUT2D eigenvalue weighted by Crippen LogP contribution is -1.99. The van der Waals surface area contributed by atoms with Crippen molar-refractivity contribution in [2.75, 3.05) is 5.32 Å². The van der Waals surface area contributed by atoms with Gasteiger partial charge in [-0.15, -0.1) is 0 Å². The summed E-state index contributed by atoms with van der Waals surface area (Å²) in [6, 6.07) is 0. The normalized spacial score (nSPS) is 10.2. The molecule has 0 saturated carbocycles. The predicted molar refractivity (Wildman–Crippen MR) is 46.0 cm³/mol. The second-order valence-electron chi connectivity index (χ2n) is 2.51. The van der Waals surface area contributed by atoms with Gasteiger partial charge in [-0.1, -0.05) is 0 Å². The molecule has 13 heavy (non-hydrogen) atoms. The number of carbonyl (C=O) groups excluding carboxylic acids is 1. The smallest absolute Gasteiger partial charge is 0.212 e. The summed E-state index contributed by atoms with van der Waals surface area (Å²) in [4.78, 5) is 22.2. The number of imidazole rings is 1. The number of nitrogens with zero attached hydrogens (tertiary/aromatic N) is 4. The fourth-order valence-electron chi connectivity index (χ4n) is 1.11. The van der Waals surface area contributed by atoms with E-state index in [1.807, 2.05) is 7.05 Å². The molecule has 0 aliphatic carbocycles. The topological polar surface area (TPSA) is 72.7 Å².